The van der Waals surface area contributed by atoms with Gasteiger partial charge in [0.1, 0.15) is 11.6 Å². The predicted octanol–water partition coefficient (Wildman–Crippen LogP) is 13.9. The number of aliphatic hydroxyl groups is 3. The van der Waals surface area contributed by atoms with Gasteiger partial charge in [-0.2, -0.15) is 4.98 Å². The Morgan fingerprint density at radius 3 is 1.23 bits per heavy atom. The van der Waals surface area contributed by atoms with Gasteiger partial charge in [-0.3, -0.25) is 30.3 Å². The molecule has 7 aromatic rings. The molecule has 11 rings (SSSR count). The lowest BCUT2D eigenvalue weighted by Crippen LogP contribution is -2.24. The Morgan fingerprint density at radius 2 is 0.846 bits per heavy atom. The number of nitrogens with zero attached hydrogens (tertiary/aromatic N) is 11. The fraction of sp³-hybridized carbons (Fsp3) is 0.500. The number of anilines is 5. The lowest BCUT2D eigenvalue weighted by molar-refractivity contribution is -0.385. The second-order valence-electron chi connectivity index (χ2n) is 25.2. The predicted molar refractivity (Wildman–Crippen MR) is 414 cm³/mol. The number of benzene rings is 5. The van der Waals surface area contributed by atoms with E-state index in [4.69, 9.17) is 46.9 Å². The molecule has 28 heteroatoms. The number of hydrogen-bond donors (Lipinski definition) is 7. The van der Waals surface area contributed by atoms with Crippen LogP contribution < -0.4 is 21.7 Å². The molecule has 0 spiro atoms. The van der Waals surface area contributed by atoms with Crippen molar-refractivity contribution in [3.63, 3.8) is 0 Å². The minimum Gasteiger partial charge on any atom is -0.400 e. The molecule has 4 atom stereocenters. The van der Waals surface area contributed by atoms with Crippen LogP contribution in [-0.2, 0) is 14.2 Å². The van der Waals surface area contributed by atoms with Gasteiger partial charge in [-0.05, 0) is 213 Å². The zero-order valence-corrected chi connectivity index (χ0v) is 62.9. The number of nitro groups is 3. The first kappa shape index (κ1) is 88.0. The highest BCUT2D eigenvalue weighted by Gasteiger charge is 2.18. The molecule has 5 aromatic carbocycles. The third kappa shape index (κ3) is 35.4. The minimum absolute atomic E-state index is 0.00778. The highest BCUT2D eigenvalue weighted by Crippen LogP contribution is 2.26. The highest BCUT2D eigenvalue weighted by atomic mass is 35.5. The van der Waals surface area contributed by atoms with E-state index in [2.05, 4.69) is 87.5 Å². The molecule has 6 heterocycles. The van der Waals surface area contributed by atoms with E-state index in [9.17, 15) is 30.3 Å². The summed E-state index contributed by atoms with van der Waals surface area (Å²) in [6, 6.07) is 39.1. The van der Waals surface area contributed by atoms with Crippen LogP contribution in [0.1, 0.15) is 151 Å². The van der Waals surface area contributed by atoms with Gasteiger partial charge in [0.25, 0.3) is 17.1 Å². The minimum atomic E-state index is -0.662. The van der Waals surface area contributed by atoms with Crippen molar-refractivity contribution in [1.29, 1.82) is 0 Å². The number of likely N-dealkylation sites (tertiary alicyclic amines) is 4. The number of rotatable bonds is 26. The van der Waals surface area contributed by atoms with Gasteiger partial charge in [0, 0.05) is 108 Å². The number of nitrogens with two attached hydrogens (primary N) is 1. The van der Waals surface area contributed by atoms with Gasteiger partial charge in [0.15, 0.2) is 0 Å². The van der Waals surface area contributed by atoms with Gasteiger partial charge in [0.05, 0.1) is 65.6 Å². The lowest BCUT2D eigenvalue weighted by Gasteiger charge is -2.18. The first-order valence-corrected chi connectivity index (χ1v) is 36.1. The Hall–Kier alpha value is -8.45. The molecule has 4 aliphatic rings. The van der Waals surface area contributed by atoms with Crippen molar-refractivity contribution < 1.29 is 44.3 Å². The number of nitro benzene ring substituents is 3. The second-order valence-corrected chi connectivity index (χ2v) is 25.6. The number of non-ortho nitro benzene ring substituents is 3. The Bertz CT molecular complexity index is 3460. The lowest BCUT2D eigenvalue weighted by atomic mass is 10.0. The van der Waals surface area contributed by atoms with Crippen molar-refractivity contribution in [2.45, 2.75) is 123 Å². The van der Waals surface area contributed by atoms with Gasteiger partial charge in [-0.1, -0.05) is 74.5 Å². The van der Waals surface area contributed by atoms with Crippen LogP contribution in [0.15, 0.2) is 146 Å². The highest BCUT2D eigenvalue weighted by molar-refractivity contribution is 6.28. The Labute approximate surface area is 619 Å². The maximum Gasteiger partial charge on any atom is 0.269 e. The monoisotopic (exact) mass is 1460 g/mol. The molecule has 4 aliphatic heterocycles. The smallest absolute Gasteiger partial charge is 0.269 e. The number of hydrogen-bond acceptors (Lipinski definition) is 24. The van der Waals surface area contributed by atoms with E-state index in [-0.39, 0.29) is 50.5 Å². The first-order chi connectivity index (χ1) is 50.1. The van der Waals surface area contributed by atoms with E-state index in [1.165, 1.54) is 115 Å². The average molecular weight is 1460 g/mol. The van der Waals surface area contributed by atoms with Crippen molar-refractivity contribution in [1.82, 2.24) is 39.5 Å². The number of aromatic nitrogens is 4. The average Bonchev–Trinajstić information content (AvgIpc) is 1.69. The van der Waals surface area contributed by atoms with E-state index in [1.807, 2.05) is 76.3 Å². The molecule has 4 unspecified atom stereocenters. The van der Waals surface area contributed by atoms with Crippen molar-refractivity contribution in [2.24, 2.45) is 0 Å². The molecule has 0 saturated carbocycles. The van der Waals surface area contributed by atoms with Crippen LogP contribution in [0, 0.1) is 30.3 Å². The van der Waals surface area contributed by atoms with Gasteiger partial charge in [-0.15, -0.1) is 0 Å². The molecule has 4 saturated heterocycles. The van der Waals surface area contributed by atoms with Crippen molar-refractivity contribution >= 4 is 57.6 Å². The maximum absolute atomic E-state index is 10.7. The van der Waals surface area contributed by atoms with Crippen LogP contribution in [0.2, 0.25) is 5.28 Å². The molecule has 0 aliphatic carbocycles. The fourth-order valence-electron chi connectivity index (χ4n) is 11.2. The van der Waals surface area contributed by atoms with Crippen molar-refractivity contribution in [3.05, 3.63) is 209 Å². The maximum atomic E-state index is 10.7. The summed E-state index contributed by atoms with van der Waals surface area (Å²) in [5.41, 5.74) is 12.5. The van der Waals surface area contributed by atoms with Crippen LogP contribution in [-0.4, -0.2) is 196 Å². The largest absolute Gasteiger partial charge is 0.400 e. The van der Waals surface area contributed by atoms with E-state index in [0.29, 0.717) is 30.6 Å². The molecule has 2 aromatic heterocycles. The topological polar surface area (TPSA) is 344 Å². The van der Waals surface area contributed by atoms with Crippen LogP contribution in [0.4, 0.5) is 46.0 Å². The normalized spacial score (nSPS) is 15.2. The molecular weight excluding hydrogens is 1350 g/mol. The number of aliphatic hydroxyl groups excluding tert-OH is 3. The molecule has 104 heavy (non-hydrogen) atoms. The van der Waals surface area contributed by atoms with Crippen LogP contribution in [0.5, 0.6) is 0 Å². The Balaban J connectivity index is 0.000000264. The summed E-state index contributed by atoms with van der Waals surface area (Å²) in [6.07, 6.45) is 13.3. The summed E-state index contributed by atoms with van der Waals surface area (Å²) in [6.45, 7) is 27.8. The number of ether oxygens (including phenoxy) is 3. The molecular formula is C76H112ClN15O12. The summed E-state index contributed by atoms with van der Waals surface area (Å²) >= 11 is 5.46. The number of β-amino-alcohol motifs (C(OH)–C–C–N with tert-alkyl or cyclic N) is 1. The molecule has 0 amide bonds. The van der Waals surface area contributed by atoms with Crippen LogP contribution in [0.3, 0.4) is 0 Å². The van der Waals surface area contributed by atoms with E-state index >= 15 is 0 Å². The fourth-order valence-corrected chi connectivity index (χ4v) is 11.3. The van der Waals surface area contributed by atoms with Crippen molar-refractivity contribution in [2.75, 3.05) is 148 Å². The third-order valence-corrected chi connectivity index (χ3v) is 17.4. The molecule has 27 nitrogen and oxygen atoms in total. The van der Waals surface area contributed by atoms with E-state index in [0.717, 1.165) is 105 Å². The van der Waals surface area contributed by atoms with Gasteiger partial charge < -0.3 is 70.8 Å². The summed E-state index contributed by atoms with van der Waals surface area (Å²) in [4.78, 5) is 56.0. The molecule has 8 N–H and O–H groups in total. The van der Waals surface area contributed by atoms with Crippen LogP contribution in [0.25, 0.3) is 0 Å². The summed E-state index contributed by atoms with van der Waals surface area (Å²) in [5.74, 6) is 2.43. The first-order valence-electron chi connectivity index (χ1n) is 35.7. The third-order valence-electron chi connectivity index (χ3n) is 17.2. The molecule has 4 fully saturated rings. The SMILES string of the molecule is CC(C)c1cccc([N+](=O)[O-])c1.CC(O)c1cccc([N+](=O)[O-])c1.CC(OCCN1CCCC1)c1cccc(N)c1.CC(OCCN1CCCC1)c1cccc([N+](=O)[O-])c1.CNc1ccnc(Cl)n1.CNc1ccnc(Nc2cccc(C(C)OCCN3CCCC3)c2)n1.CO.OCCN1CCCC1. The number of halogens is 1. The Kier molecular flexibility index (Phi) is 43.0. The molecule has 0 radical (unpaired) electrons. The zero-order valence-electron chi connectivity index (χ0n) is 62.1. The van der Waals surface area contributed by atoms with E-state index in [1.54, 1.807) is 68.8 Å². The van der Waals surface area contributed by atoms with Gasteiger partial charge in [-0.25, -0.2) is 15.0 Å². The van der Waals surface area contributed by atoms with Gasteiger partial charge >= 0.3 is 0 Å². The van der Waals surface area contributed by atoms with E-state index < -0.39 is 11.0 Å². The quantitative estimate of drug-likeness (QED) is 0.0115. The summed E-state index contributed by atoms with van der Waals surface area (Å²) in [5, 5.41) is 65.4. The second kappa shape index (κ2) is 50.9. The standard InChI is InChI=1S/C19H27N5O.C14H20N2O3.C14H22N2O.C9H11NO2.C8H9NO3.C6H13NO.C5H6ClN3.CH4O/c1-15(25-13-12-24-10-3-4-11-24)16-6-5-7-17(14-16)22-19-21-9-8-18(20-2)23-19;1-12(19-10-9-15-7-2-3-8-15)13-5-4-6-14(11-13)16(17)18;1-12(13-5-4-6-14(15)11-13)17-10-9-16-7-2-3-8-16;1-7(2)8-4-3-5-9(6-8)10(11)12;1-6(10)7-3-2-4-8(5-7)9(11)12;8-6-5-7-3-1-2-4-7;1-7-4-2-3-8-5(6)9-4;1-2/h5-9,14-15H,3-4,10-13H2,1-2H3,(H2,20,21,22,23);4-6,11-12H,2-3,7-10H2,1H3;4-6,11-12H,2-3,7-10,15H2,1H3;3-7H,1-2H3;2-6,10H,1H3;8H,1-6H2;2-3H,1H3,(H,7,8,9);2H,1H3. The molecule has 570 valence electrons. The zero-order chi connectivity index (χ0) is 76.0. The Morgan fingerprint density at radius 1 is 0.490 bits per heavy atom. The van der Waals surface area contributed by atoms with Gasteiger partial charge in [0.2, 0.25) is 11.2 Å². The van der Waals surface area contributed by atoms with Crippen LogP contribution >= 0.6 is 11.6 Å². The van der Waals surface area contributed by atoms with Crippen molar-refractivity contribution in [3.8, 4) is 0 Å². The number of nitrogen functional groups attached to an aromatic ring is 1. The summed E-state index contributed by atoms with van der Waals surface area (Å²) in [7, 11) is 4.62. The number of nitrogens with one attached hydrogen (secondary N) is 3. The summed E-state index contributed by atoms with van der Waals surface area (Å²) < 4.78 is 17.6. The molecule has 0 bridgehead atoms.